The van der Waals surface area contributed by atoms with E-state index >= 15 is 0 Å². The molecule has 0 saturated carbocycles. The van der Waals surface area contributed by atoms with E-state index in [1.165, 1.54) is 0 Å². The molecule has 0 aromatic heterocycles. The summed E-state index contributed by atoms with van der Waals surface area (Å²) in [7, 11) is -3.42. The van der Waals surface area contributed by atoms with Crippen LogP contribution in [0, 0.1) is 0 Å². The third-order valence-electron chi connectivity index (χ3n) is 3.49. The molecule has 0 radical (unpaired) electrons. The second kappa shape index (κ2) is 8.61. The zero-order valence-electron chi connectivity index (χ0n) is 13.7. The molecule has 1 amide bonds. The molecule has 5 nitrogen and oxygen atoms in total. The van der Waals surface area contributed by atoms with Crippen LogP contribution >= 0.6 is 0 Å². The lowest BCUT2D eigenvalue weighted by molar-refractivity contribution is 0.0954. The number of benzene rings is 2. The Morgan fingerprint density at radius 1 is 1.00 bits per heavy atom. The quantitative estimate of drug-likeness (QED) is 0.717. The van der Waals surface area contributed by atoms with Crippen LogP contribution in [0.15, 0.2) is 59.5 Å². The summed E-state index contributed by atoms with van der Waals surface area (Å²) in [5, 5.41) is 5.93. The highest BCUT2D eigenvalue weighted by atomic mass is 32.2. The Hall–Kier alpha value is -2.18. The Kier molecular flexibility index (Phi) is 6.52. The van der Waals surface area contributed by atoms with E-state index in [0.29, 0.717) is 24.2 Å². The van der Waals surface area contributed by atoms with Crippen LogP contribution in [0.2, 0.25) is 0 Å². The summed E-state index contributed by atoms with van der Waals surface area (Å²) in [4.78, 5) is 12.4. The molecule has 0 bridgehead atoms. The van der Waals surface area contributed by atoms with Gasteiger partial charge in [-0.2, -0.15) is 0 Å². The number of sulfone groups is 1. The third-order valence-corrected chi connectivity index (χ3v) is 5.19. The van der Waals surface area contributed by atoms with Crippen LogP contribution in [0.4, 0.5) is 0 Å². The molecule has 0 fully saturated rings. The minimum Gasteiger partial charge on any atom is -0.351 e. The minimum atomic E-state index is -3.42. The molecule has 0 heterocycles. The number of likely N-dealkylation sites (N-methyl/N-ethyl adjacent to an activating group) is 1. The van der Waals surface area contributed by atoms with Gasteiger partial charge in [0.25, 0.3) is 5.91 Å². The van der Waals surface area contributed by atoms with Crippen LogP contribution in [-0.2, 0) is 15.6 Å². The lowest BCUT2D eigenvalue weighted by atomic mass is 10.1. The van der Waals surface area contributed by atoms with Gasteiger partial charge in [-0.3, -0.25) is 4.79 Å². The van der Waals surface area contributed by atoms with Crippen LogP contribution < -0.4 is 10.6 Å². The molecule has 0 aliphatic rings. The molecule has 0 saturated heterocycles. The first-order chi connectivity index (χ1) is 11.5. The van der Waals surface area contributed by atoms with Crippen LogP contribution in [0.5, 0.6) is 0 Å². The van der Waals surface area contributed by atoms with Crippen molar-refractivity contribution in [2.45, 2.75) is 17.6 Å². The van der Waals surface area contributed by atoms with E-state index in [0.717, 1.165) is 6.54 Å². The number of hydrogen-bond donors (Lipinski definition) is 2. The van der Waals surface area contributed by atoms with Crippen LogP contribution in [0.1, 0.15) is 22.8 Å². The summed E-state index contributed by atoms with van der Waals surface area (Å²) in [5.74, 6) is -0.331. The summed E-state index contributed by atoms with van der Waals surface area (Å²) < 4.78 is 24.8. The van der Waals surface area contributed by atoms with E-state index in [4.69, 9.17) is 0 Å². The van der Waals surface area contributed by atoms with Crippen molar-refractivity contribution < 1.29 is 13.2 Å². The van der Waals surface area contributed by atoms with Crippen molar-refractivity contribution >= 4 is 15.7 Å². The van der Waals surface area contributed by atoms with E-state index in [1.54, 1.807) is 54.6 Å². The van der Waals surface area contributed by atoms with Crippen molar-refractivity contribution in [2.75, 3.05) is 19.6 Å². The van der Waals surface area contributed by atoms with Crippen molar-refractivity contribution in [3.05, 3.63) is 65.7 Å². The smallest absolute Gasteiger partial charge is 0.251 e. The van der Waals surface area contributed by atoms with Crippen LogP contribution in [0.3, 0.4) is 0 Å². The molecule has 0 aliphatic heterocycles. The molecule has 6 heteroatoms. The number of rotatable bonds is 8. The van der Waals surface area contributed by atoms with Crippen molar-refractivity contribution in [3.8, 4) is 0 Å². The molecular weight excluding hydrogens is 324 g/mol. The fourth-order valence-corrected chi connectivity index (χ4v) is 3.63. The van der Waals surface area contributed by atoms with E-state index in [1.807, 2.05) is 6.92 Å². The summed E-state index contributed by atoms with van der Waals surface area (Å²) in [6, 6.07) is 15.0. The molecule has 2 aromatic rings. The van der Waals surface area contributed by atoms with Crippen LogP contribution in [0.25, 0.3) is 0 Å². The molecule has 2 rings (SSSR count). The highest BCUT2D eigenvalue weighted by molar-refractivity contribution is 7.90. The van der Waals surface area contributed by atoms with Gasteiger partial charge in [0.2, 0.25) is 0 Å². The summed E-state index contributed by atoms with van der Waals surface area (Å²) >= 11 is 0. The molecule has 0 spiro atoms. The number of carbonyl (C=O) groups excluding carboxylic acids is 1. The van der Waals surface area contributed by atoms with E-state index < -0.39 is 9.84 Å². The van der Waals surface area contributed by atoms with Crippen molar-refractivity contribution in [1.82, 2.24) is 10.6 Å². The number of nitrogens with one attached hydrogen (secondary N) is 2. The molecule has 0 unspecified atom stereocenters. The van der Waals surface area contributed by atoms with Gasteiger partial charge in [0, 0.05) is 18.7 Å². The Morgan fingerprint density at radius 2 is 1.75 bits per heavy atom. The standard InChI is InChI=1S/C18H22N2O3S/c1-2-19-11-12-20-18(21)16-8-6-7-15(13-16)14-24(22,23)17-9-4-3-5-10-17/h3-10,13,19H,2,11-12,14H2,1H3,(H,20,21). The fraction of sp³-hybridized carbons (Fsp3) is 0.278. The van der Waals surface area contributed by atoms with Gasteiger partial charge in [0.15, 0.2) is 9.84 Å². The van der Waals surface area contributed by atoms with Crippen LogP contribution in [-0.4, -0.2) is 34.0 Å². The van der Waals surface area contributed by atoms with Gasteiger partial charge < -0.3 is 10.6 Å². The highest BCUT2D eigenvalue weighted by Gasteiger charge is 2.15. The average Bonchev–Trinajstić information content (AvgIpc) is 2.59. The number of hydrogen-bond acceptors (Lipinski definition) is 4. The molecular formula is C18H22N2O3S. The monoisotopic (exact) mass is 346 g/mol. The maximum atomic E-state index is 12.4. The zero-order valence-corrected chi connectivity index (χ0v) is 14.5. The highest BCUT2D eigenvalue weighted by Crippen LogP contribution is 2.17. The van der Waals surface area contributed by atoms with Gasteiger partial charge in [-0.1, -0.05) is 37.3 Å². The summed E-state index contributed by atoms with van der Waals surface area (Å²) in [5.41, 5.74) is 1.06. The Morgan fingerprint density at radius 3 is 2.46 bits per heavy atom. The second-order valence-electron chi connectivity index (χ2n) is 5.38. The number of carbonyl (C=O) groups is 1. The molecule has 2 N–H and O–H groups in total. The fourth-order valence-electron chi connectivity index (χ4n) is 2.28. The predicted molar refractivity (Wildman–Crippen MR) is 94.7 cm³/mol. The molecule has 2 aromatic carbocycles. The van der Waals surface area contributed by atoms with Gasteiger partial charge in [0.05, 0.1) is 10.6 Å². The Bertz CT molecular complexity index is 774. The lowest BCUT2D eigenvalue weighted by Crippen LogP contribution is -2.31. The molecule has 24 heavy (non-hydrogen) atoms. The largest absolute Gasteiger partial charge is 0.351 e. The zero-order chi connectivity index (χ0) is 17.4. The maximum Gasteiger partial charge on any atom is 0.251 e. The average molecular weight is 346 g/mol. The van der Waals surface area contributed by atoms with Gasteiger partial charge in [-0.25, -0.2) is 8.42 Å². The van der Waals surface area contributed by atoms with Gasteiger partial charge >= 0.3 is 0 Å². The van der Waals surface area contributed by atoms with E-state index in [9.17, 15) is 13.2 Å². The lowest BCUT2D eigenvalue weighted by Gasteiger charge is -2.08. The Balaban J connectivity index is 2.06. The van der Waals surface area contributed by atoms with Crippen molar-refractivity contribution in [3.63, 3.8) is 0 Å². The second-order valence-corrected chi connectivity index (χ2v) is 7.37. The van der Waals surface area contributed by atoms with Gasteiger partial charge in [-0.15, -0.1) is 0 Å². The summed E-state index contributed by atoms with van der Waals surface area (Å²) in [6.07, 6.45) is 0. The first-order valence-electron chi connectivity index (χ1n) is 7.88. The van der Waals surface area contributed by atoms with E-state index in [2.05, 4.69) is 10.6 Å². The molecule has 128 valence electrons. The molecule has 0 aliphatic carbocycles. The van der Waals surface area contributed by atoms with E-state index in [-0.39, 0.29) is 16.6 Å². The molecule has 0 atom stereocenters. The SMILES string of the molecule is CCNCCNC(=O)c1cccc(CS(=O)(=O)c2ccccc2)c1. The van der Waals surface area contributed by atoms with Gasteiger partial charge in [-0.05, 0) is 36.4 Å². The van der Waals surface area contributed by atoms with Crippen molar-refractivity contribution in [2.24, 2.45) is 0 Å². The normalized spacial score (nSPS) is 11.2. The first kappa shape index (κ1) is 18.2. The van der Waals surface area contributed by atoms with Gasteiger partial charge in [0.1, 0.15) is 0 Å². The summed E-state index contributed by atoms with van der Waals surface area (Å²) in [6.45, 7) is 4.07. The maximum absolute atomic E-state index is 12.4. The minimum absolute atomic E-state index is 0.129. The predicted octanol–water partition coefficient (Wildman–Crippen LogP) is 2.00. The topological polar surface area (TPSA) is 75.3 Å². The first-order valence-corrected chi connectivity index (χ1v) is 9.54. The number of amides is 1. The third kappa shape index (κ3) is 5.18. The Labute approximate surface area is 143 Å². The van der Waals surface area contributed by atoms with Crippen molar-refractivity contribution in [1.29, 1.82) is 0 Å².